The first kappa shape index (κ1) is 16.7. The summed E-state index contributed by atoms with van der Waals surface area (Å²) in [6.07, 6.45) is -1.63. The number of ether oxygens (including phenoxy) is 1. The molecular formula is C15H18F3NO3S. The summed E-state index contributed by atoms with van der Waals surface area (Å²) >= 11 is 0. The van der Waals surface area contributed by atoms with E-state index in [0.29, 0.717) is 12.8 Å². The van der Waals surface area contributed by atoms with E-state index in [2.05, 4.69) is 0 Å². The number of methoxy groups -OCH3 is 1. The summed E-state index contributed by atoms with van der Waals surface area (Å²) in [5.74, 6) is 0. The highest BCUT2D eigenvalue weighted by Gasteiger charge is 2.47. The molecule has 3 rings (SSSR count). The molecule has 2 bridgehead atoms. The number of hydrogen-bond acceptors (Lipinski definition) is 3. The Morgan fingerprint density at radius 1 is 1.09 bits per heavy atom. The molecule has 2 atom stereocenters. The number of rotatable bonds is 3. The van der Waals surface area contributed by atoms with Gasteiger partial charge in [0.15, 0.2) is 0 Å². The summed E-state index contributed by atoms with van der Waals surface area (Å²) < 4.78 is 70.3. The van der Waals surface area contributed by atoms with Crippen LogP contribution in [0.25, 0.3) is 0 Å². The highest BCUT2D eigenvalue weighted by Crippen LogP contribution is 2.40. The lowest BCUT2D eigenvalue weighted by molar-refractivity contribution is -0.137. The van der Waals surface area contributed by atoms with Crippen molar-refractivity contribution in [3.05, 3.63) is 29.8 Å². The molecule has 2 unspecified atom stereocenters. The van der Waals surface area contributed by atoms with Crippen molar-refractivity contribution >= 4 is 10.0 Å². The van der Waals surface area contributed by atoms with Crippen LogP contribution in [0.3, 0.4) is 0 Å². The highest BCUT2D eigenvalue weighted by molar-refractivity contribution is 7.89. The van der Waals surface area contributed by atoms with E-state index in [1.54, 1.807) is 7.11 Å². The van der Waals surface area contributed by atoms with Crippen molar-refractivity contribution in [2.45, 2.75) is 54.9 Å². The third-order valence-electron chi connectivity index (χ3n) is 4.71. The van der Waals surface area contributed by atoms with Gasteiger partial charge in [0.1, 0.15) is 0 Å². The van der Waals surface area contributed by atoms with E-state index in [-0.39, 0.29) is 23.1 Å². The Bertz CT molecular complexity index is 658. The minimum absolute atomic E-state index is 0.0477. The maximum atomic E-state index is 12.8. The molecule has 2 aliphatic rings. The number of halogens is 3. The average molecular weight is 349 g/mol. The van der Waals surface area contributed by atoms with E-state index in [0.717, 1.165) is 37.1 Å². The van der Waals surface area contributed by atoms with Gasteiger partial charge in [0, 0.05) is 19.2 Å². The normalized spacial score (nSPS) is 29.0. The molecule has 2 fully saturated rings. The van der Waals surface area contributed by atoms with Crippen LogP contribution < -0.4 is 0 Å². The van der Waals surface area contributed by atoms with Gasteiger partial charge in [0.2, 0.25) is 10.0 Å². The first-order valence-corrected chi connectivity index (χ1v) is 8.91. The molecule has 1 aromatic carbocycles. The van der Waals surface area contributed by atoms with Gasteiger partial charge in [-0.2, -0.15) is 17.5 Å². The van der Waals surface area contributed by atoms with Gasteiger partial charge in [-0.15, -0.1) is 0 Å². The highest BCUT2D eigenvalue weighted by atomic mass is 32.2. The van der Waals surface area contributed by atoms with Gasteiger partial charge in [-0.25, -0.2) is 8.42 Å². The summed E-state index contributed by atoms with van der Waals surface area (Å²) in [6, 6.07) is 3.45. The third-order valence-corrected chi connectivity index (χ3v) is 6.73. The van der Waals surface area contributed by atoms with Gasteiger partial charge < -0.3 is 4.74 Å². The van der Waals surface area contributed by atoms with E-state index in [4.69, 9.17) is 4.74 Å². The van der Waals surface area contributed by atoms with Crippen LogP contribution in [0.15, 0.2) is 29.2 Å². The van der Waals surface area contributed by atoms with Crippen molar-refractivity contribution in [1.82, 2.24) is 4.31 Å². The van der Waals surface area contributed by atoms with Crippen LogP contribution in [0.2, 0.25) is 0 Å². The lowest BCUT2D eigenvalue weighted by atomic mass is 10.0. The minimum atomic E-state index is -4.47. The molecule has 0 aliphatic carbocycles. The van der Waals surface area contributed by atoms with E-state index >= 15 is 0 Å². The third kappa shape index (κ3) is 2.99. The molecular weight excluding hydrogens is 331 g/mol. The smallest absolute Gasteiger partial charge is 0.381 e. The molecule has 2 aliphatic heterocycles. The van der Waals surface area contributed by atoms with Crippen LogP contribution in [0, 0.1) is 0 Å². The fourth-order valence-corrected chi connectivity index (χ4v) is 5.50. The van der Waals surface area contributed by atoms with E-state index in [1.165, 1.54) is 4.31 Å². The Hall–Kier alpha value is -1.12. The standard InChI is InChI=1S/C15H18F3NO3S/c1-22-13-8-11-4-5-12(9-13)19(11)23(20,21)14-6-2-10(3-7-14)15(16,17)18/h2-3,6-7,11-13H,4-5,8-9H2,1H3. The Morgan fingerprint density at radius 2 is 1.61 bits per heavy atom. The lowest BCUT2D eigenvalue weighted by Gasteiger charge is -2.37. The zero-order chi connectivity index (χ0) is 16.8. The first-order chi connectivity index (χ1) is 10.7. The number of piperidine rings is 1. The summed E-state index contributed by atoms with van der Waals surface area (Å²) in [4.78, 5) is -0.0849. The van der Waals surface area contributed by atoms with Crippen molar-refractivity contribution in [3.63, 3.8) is 0 Å². The fourth-order valence-electron chi connectivity index (χ4n) is 3.61. The van der Waals surface area contributed by atoms with Gasteiger partial charge in [-0.05, 0) is 49.9 Å². The molecule has 0 aromatic heterocycles. The Morgan fingerprint density at radius 3 is 2.04 bits per heavy atom. The molecule has 8 heteroatoms. The molecule has 2 saturated heterocycles. The van der Waals surface area contributed by atoms with Gasteiger partial charge in [0.05, 0.1) is 16.6 Å². The van der Waals surface area contributed by atoms with Crippen LogP contribution in [0.1, 0.15) is 31.2 Å². The summed E-state index contributed by atoms with van der Waals surface area (Å²) in [5.41, 5.74) is -0.850. The summed E-state index contributed by atoms with van der Waals surface area (Å²) in [6.45, 7) is 0. The van der Waals surface area contributed by atoms with Crippen molar-refractivity contribution < 1.29 is 26.3 Å². The predicted octanol–water partition coefficient (Wildman–Crippen LogP) is 3.04. The number of sulfonamides is 1. The monoisotopic (exact) mass is 349 g/mol. The van der Waals surface area contributed by atoms with Gasteiger partial charge in [-0.1, -0.05) is 0 Å². The molecule has 1 aromatic rings. The summed E-state index contributed by atoms with van der Waals surface area (Å²) in [7, 11) is -2.17. The van der Waals surface area contributed by atoms with Crippen LogP contribution in [-0.2, 0) is 20.9 Å². The number of hydrogen-bond donors (Lipinski definition) is 0. The van der Waals surface area contributed by atoms with Crippen molar-refractivity contribution in [1.29, 1.82) is 0 Å². The van der Waals surface area contributed by atoms with E-state index < -0.39 is 21.8 Å². The Kier molecular flexibility index (Phi) is 4.18. The van der Waals surface area contributed by atoms with Crippen LogP contribution >= 0.6 is 0 Å². The van der Waals surface area contributed by atoms with Crippen molar-refractivity contribution in [3.8, 4) is 0 Å². The van der Waals surface area contributed by atoms with Crippen LogP contribution in [-0.4, -0.2) is 38.0 Å². The van der Waals surface area contributed by atoms with Gasteiger partial charge in [0.25, 0.3) is 0 Å². The van der Waals surface area contributed by atoms with Crippen LogP contribution in [0.4, 0.5) is 13.2 Å². The van der Waals surface area contributed by atoms with Crippen molar-refractivity contribution in [2.75, 3.05) is 7.11 Å². The molecule has 23 heavy (non-hydrogen) atoms. The van der Waals surface area contributed by atoms with Crippen LogP contribution in [0.5, 0.6) is 0 Å². The molecule has 0 N–H and O–H groups in total. The number of fused-ring (bicyclic) bond motifs is 2. The quantitative estimate of drug-likeness (QED) is 0.843. The number of nitrogens with zero attached hydrogens (tertiary/aromatic N) is 1. The minimum Gasteiger partial charge on any atom is -0.381 e. The van der Waals surface area contributed by atoms with Gasteiger partial charge >= 0.3 is 6.18 Å². The Balaban J connectivity index is 1.88. The predicted molar refractivity (Wildman–Crippen MR) is 77.3 cm³/mol. The Labute approximate surface area is 133 Å². The molecule has 0 saturated carbocycles. The SMILES string of the molecule is COC1CC2CCC(C1)N2S(=O)(=O)c1ccc(C(F)(F)F)cc1. The average Bonchev–Trinajstić information content (AvgIpc) is 2.78. The molecule has 2 heterocycles. The van der Waals surface area contributed by atoms with E-state index in [9.17, 15) is 21.6 Å². The molecule has 128 valence electrons. The fraction of sp³-hybridized carbons (Fsp3) is 0.600. The zero-order valence-corrected chi connectivity index (χ0v) is 13.4. The number of benzene rings is 1. The maximum Gasteiger partial charge on any atom is 0.416 e. The summed E-state index contributed by atoms with van der Waals surface area (Å²) in [5, 5.41) is 0. The lowest BCUT2D eigenvalue weighted by Crippen LogP contribution is -2.48. The second-order valence-corrected chi connectivity index (χ2v) is 7.91. The molecule has 0 amide bonds. The van der Waals surface area contributed by atoms with Crippen molar-refractivity contribution in [2.24, 2.45) is 0 Å². The molecule has 0 spiro atoms. The van der Waals surface area contributed by atoms with Gasteiger partial charge in [-0.3, -0.25) is 0 Å². The molecule has 4 nitrogen and oxygen atoms in total. The second-order valence-electron chi connectivity index (χ2n) is 6.07. The maximum absolute atomic E-state index is 12.8. The zero-order valence-electron chi connectivity index (χ0n) is 12.6. The first-order valence-electron chi connectivity index (χ1n) is 7.47. The second kappa shape index (κ2) is 5.75. The topological polar surface area (TPSA) is 46.6 Å². The largest absolute Gasteiger partial charge is 0.416 e. The number of alkyl halides is 3. The van der Waals surface area contributed by atoms with E-state index in [1.807, 2.05) is 0 Å². The molecule has 0 radical (unpaired) electrons.